The molecule has 174 valence electrons. The molecule has 1 heterocycles. The van der Waals surface area contributed by atoms with Crippen molar-refractivity contribution < 1.29 is 13.2 Å². The van der Waals surface area contributed by atoms with Crippen LogP contribution in [0.15, 0.2) is 47.4 Å². The number of nitrogens with one attached hydrogen (secondary N) is 1. The summed E-state index contributed by atoms with van der Waals surface area (Å²) in [6, 6.07) is 12.2. The van der Waals surface area contributed by atoms with Crippen LogP contribution in [0.25, 0.3) is 0 Å². The summed E-state index contributed by atoms with van der Waals surface area (Å²) in [5, 5.41) is 0. The molecule has 0 saturated carbocycles. The van der Waals surface area contributed by atoms with Crippen molar-refractivity contribution in [3.63, 3.8) is 0 Å². The van der Waals surface area contributed by atoms with Crippen molar-refractivity contribution in [2.24, 2.45) is 0 Å². The van der Waals surface area contributed by atoms with Crippen molar-refractivity contribution >= 4 is 27.3 Å². The van der Waals surface area contributed by atoms with E-state index < -0.39 is 10.0 Å². The van der Waals surface area contributed by atoms with Gasteiger partial charge in [-0.25, -0.2) is 8.42 Å². The molecule has 3 rings (SSSR count). The number of aryl methyl sites for hydroxylation is 1. The van der Waals surface area contributed by atoms with Crippen LogP contribution in [0.5, 0.6) is 0 Å². The van der Waals surface area contributed by atoms with E-state index in [9.17, 15) is 13.2 Å². The summed E-state index contributed by atoms with van der Waals surface area (Å²) in [7, 11) is -3.78. The van der Waals surface area contributed by atoms with Gasteiger partial charge < -0.3 is 9.80 Å². The average molecular weight is 458 g/mol. The molecule has 1 N–H and O–H groups in total. The zero-order valence-electron chi connectivity index (χ0n) is 19.4. The predicted molar refractivity (Wildman–Crippen MR) is 131 cm³/mol. The topological polar surface area (TPSA) is 69.7 Å². The molecular formula is C25H35N3O3S. The number of piperidine rings is 1. The van der Waals surface area contributed by atoms with Gasteiger partial charge in [0, 0.05) is 31.7 Å². The maximum Gasteiger partial charge on any atom is 0.261 e. The molecule has 6 nitrogen and oxygen atoms in total. The van der Waals surface area contributed by atoms with Gasteiger partial charge in [0.2, 0.25) is 0 Å². The molecule has 0 aromatic heterocycles. The molecule has 1 aliphatic heterocycles. The normalized spacial score (nSPS) is 14.3. The molecule has 7 heteroatoms. The number of sulfonamides is 1. The number of hydrogen-bond donors (Lipinski definition) is 1. The maximum absolute atomic E-state index is 13.1. The first kappa shape index (κ1) is 24.1. The van der Waals surface area contributed by atoms with E-state index in [0.717, 1.165) is 50.0 Å². The summed E-state index contributed by atoms with van der Waals surface area (Å²) in [6.45, 7) is 9.07. The molecule has 1 saturated heterocycles. The number of carbonyl (C=O) groups excluding carboxylic acids is 1. The molecular weight excluding hydrogens is 422 g/mol. The second-order valence-corrected chi connectivity index (χ2v) is 10.1. The number of carbonyl (C=O) groups is 1. The van der Waals surface area contributed by atoms with E-state index in [1.165, 1.54) is 6.42 Å². The van der Waals surface area contributed by atoms with Crippen LogP contribution in [0, 0.1) is 6.92 Å². The third-order valence-corrected chi connectivity index (χ3v) is 7.35. The fourth-order valence-corrected chi connectivity index (χ4v) is 5.08. The third-order valence-electron chi connectivity index (χ3n) is 5.97. The van der Waals surface area contributed by atoms with Gasteiger partial charge in [0.15, 0.2) is 0 Å². The van der Waals surface area contributed by atoms with Crippen LogP contribution in [0.3, 0.4) is 0 Å². The number of anilines is 2. The Morgan fingerprint density at radius 2 is 1.72 bits per heavy atom. The van der Waals surface area contributed by atoms with Crippen LogP contribution in [-0.4, -0.2) is 45.4 Å². The monoisotopic (exact) mass is 457 g/mol. The predicted octanol–water partition coefficient (Wildman–Crippen LogP) is 5.05. The Hall–Kier alpha value is -2.54. The zero-order chi connectivity index (χ0) is 23.1. The van der Waals surface area contributed by atoms with Gasteiger partial charge in [-0.3, -0.25) is 9.52 Å². The largest absolute Gasteiger partial charge is 0.370 e. The van der Waals surface area contributed by atoms with Crippen LogP contribution in [-0.2, 0) is 10.0 Å². The minimum Gasteiger partial charge on any atom is -0.370 e. The Kier molecular flexibility index (Phi) is 8.18. The van der Waals surface area contributed by atoms with E-state index in [4.69, 9.17) is 0 Å². The van der Waals surface area contributed by atoms with Crippen molar-refractivity contribution in [2.45, 2.75) is 57.8 Å². The zero-order valence-corrected chi connectivity index (χ0v) is 20.2. The van der Waals surface area contributed by atoms with Crippen LogP contribution >= 0.6 is 0 Å². The van der Waals surface area contributed by atoms with Gasteiger partial charge >= 0.3 is 0 Å². The smallest absolute Gasteiger partial charge is 0.261 e. The molecule has 0 unspecified atom stereocenters. The minimum absolute atomic E-state index is 0.0677. The number of amides is 1. The lowest BCUT2D eigenvalue weighted by Gasteiger charge is -2.31. The number of benzene rings is 2. The minimum atomic E-state index is -3.78. The average Bonchev–Trinajstić information content (AvgIpc) is 2.80. The molecule has 1 amide bonds. The summed E-state index contributed by atoms with van der Waals surface area (Å²) in [4.78, 5) is 17.4. The van der Waals surface area contributed by atoms with Gasteiger partial charge in [0.25, 0.3) is 15.9 Å². The molecule has 1 fully saturated rings. The van der Waals surface area contributed by atoms with Gasteiger partial charge in [-0.2, -0.15) is 0 Å². The second-order valence-electron chi connectivity index (χ2n) is 8.44. The third kappa shape index (κ3) is 5.82. The maximum atomic E-state index is 13.1. The lowest BCUT2D eigenvalue weighted by molar-refractivity contribution is 0.0762. The number of hydrogen-bond acceptors (Lipinski definition) is 4. The molecule has 0 radical (unpaired) electrons. The fourth-order valence-electron chi connectivity index (χ4n) is 4.02. The van der Waals surface area contributed by atoms with Crippen molar-refractivity contribution in [2.75, 3.05) is 35.8 Å². The highest BCUT2D eigenvalue weighted by Gasteiger charge is 2.22. The van der Waals surface area contributed by atoms with E-state index in [1.807, 2.05) is 30.9 Å². The van der Waals surface area contributed by atoms with E-state index >= 15 is 0 Å². The first-order valence-corrected chi connectivity index (χ1v) is 13.1. The highest BCUT2D eigenvalue weighted by atomic mass is 32.2. The summed E-state index contributed by atoms with van der Waals surface area (Å²) < 4.78 is 29.0. The quantitative estimate of drug-likeness (QED) is 0.572. The fraction of sp³-hybridized carbons (Fsp3) is 0.480. The van der Waals surface area contributed by atoms with E-state index in [2.05, 4.69) is 16.5 Å². The molecule has 0 spiro atoms. The molecule has 2 aromatic rings. The van der Waals surface area contributed by atoms with E-state index in [1.54, 1.807) is 30.3 Å². The highest BCUT2D eigenvalue weighted by molar-refractivity contribution is 7.92. The van der Waals surface area contributed by atoms with Gasteiger partial charge in [0.05, 0.1) is 16.3 Å². The molecule has 0 aliphatic carbocycles. The first-order valence-electron chi connectivity index (χ1n) is 11.6. The first-order chi connectivity index (χ1) is 15.4. The van der Waals surface area contributed by atoms with Gasteiger partial charge in [-0.1, -0.05) is 31.0 Å². The Bertz CT molecular complexity index is 1010. The standard InChI is InChI=1S/C25H35N3O3S/c1-4-6-16-27(5-2)25(29)21-12-15-24(28-17-8-7-9-18-28)23(19-21)26-32(30,31)22-13-10-20(3)11-14-22/h10-15,19,26H,4-9,16-18H2,1-3H3. The molecule has 0 atom stereocenters. The van der Waals surface area contributed by atoms with Crippen molar-refractivity contribution in [1.82, 2.24) is 4.90 Å². The summed E-state index contributed by atoms with van der Waals surface area (Å²) >= 11 is 0. The van der Waals surface area contributed by atoms with Crippen LogP contribution in [0.1, 0.15) is 61.9 Å². The molecule has 32 heavy (non-hydrogen) atoms. The number of rotatable bonds is 9. The van der Waals surface area contributed by atoms with Crippen molar-refractivity contribution in [1.29, 1.82) is 0 Å². The lowest BCUT2D eigenvalue weighted by atomic mass is 10.1. The van der Waals surface area contributed by atoms with E-state index in [-0.39, 0.29) is 10.8 Å². The molecule has 0 bridgehead atoms. The van der Waals surface area contributed by atoms with Gasteiger partial charge in [-0.15, -0.1) is 0 Å². The lowest BCUT2D eigenvalue weighted by Crippen LogP contribution is -2.33. The summed E-state index contributed by atoms with van der Waals surface area (Å²) in [5.74, 6) is -0.0677. The summed E-state index contributed by atoms with van der Waals surface area (Å²) in [5.41, 5.74) is 2.79. The Labute approximate surface area is 192 Å². The highest BCUT2D eigenvalue weighted by Crippen LogP contribution is 2.32. The Morgan fingerprint density at radius 3 is 2.34 bits per heavy atom. The number of nitrogens with zero attached hydrogens (tertiary/aromatic N) is 2. The van der Waals surface area contributed by atoms with Gasteiger partial charge in [-0.05, 0) is 69.9 Å². The molecule has 1 aliphatic rings. The van der Waals surface area contributed by atoms with Crippen LogP contribution in [0.4, 0.5) is 11.4 Å². The molecule has 2 aromatic carbocycles. The Balaban J connectivity index is 1.97. The van der Waals surface area contributed by atoms with Crippen LogP contribution < -0.4 is 9.62 Å². The summed E-state index contributed by atoms with van der Waals surface area (Å²) in [6.07, 6.45) is 5.29. The second kappa shape index (κ2) is 10.9. The Morgan fingerprint density at radius 1 is 1.03 bits per heavy atom. The number of unbranched alkanes of at least 4 members (excludes halogenated alkanes) is 1. The van der Waals surface area contributed by atoms with Crippen molar-refractivity contribution in [3.8, 4) is 0 Å². The van der Waals surface area contributed by atoms with Crippen LogP contribution in [0.2, 0.25) is 0 Å². The van der Waals surface area contributed by atoms with Gasteiger partial charge in [0.1, 0.15) is 0 Å². The van der Waals surface area contributed by atoms with Crippen molar-refractivity contribution in [3.05, 3.63) is 53.6 Å². The van der Waals surface area contributed by atoms with E-state index in [0.29, 0.717) is 24.3 Å². The SMILES string of the molecule is CCCCN(CC)C(=O)c1ccc(N2CCCCC2)c(NS(=O)(=O)c2ccc(C)cc2)c1.